The van der Waals surface area contributed by atoms with Gasteiger partial charge in [0.2, 0.25) is 0 Å². The zero-order valence-corrected chi connectivity index (χ0v) is 26.5. The topological polar surface area (TPSA) is 90.9 Å². The third-order valence-corrected chi connectivity index (χ3v) is 11.8. The van der Waals surface area contributed by atoms with Gasteiger partial charge >= 0.3 is 18.2 Å². The van der Waals surface area contributed by atoms with Crippen LogP contribution in [0.3, 0.4) is 0 Å². The number of carbonyl (C=O) groups excluding carboxylic acids is 1. The van der Waals surface area contributed by atoms with E-state index in [0.717, 1.165) is 44.1 Å². The second-order valence-corrected chi connectivity index (χ2v) is 15.0. The van der Waals surface area contributed by atoms with Gasteiger partial charge in [0.25, 0.3) is 0 Å². The van der Waals surface area contributed by atoms with Gasteiger partial charge in [-0.25, -0.2) is 10.3 Å². The molecule has 3 aliphatic carbocycles. The number of nitrogens with one attached hydrogen (secondary N) is 2. The fourth-order valence-corrected chi connectivity index (χ4v) is 9.21. The van der Waals surface area contributed by atoms with Crippen LogP contribution >= 0.6 is 0 Å². The average Bonchev–Trinajstić information content (AvgIpc) is 3.28. The van der Waals surface area contributed by atoms with E-state index < -0.39 is 41.8 Å². The van der Waals surface area contributed by atoms with Crippen LogP contribution in [0.2, 0.25) is 0 Å². The highest BCUT2D eigenvalue weighted by molar-refractivity contribution is 7.84. The van der Waals surface area contributed by atoms with Crippen LogP contribution < -0.4 is 15.5 Å². The Morgan fingerprint density at radius 1 is 1.14 bits per heavy atom. The Kier molecular flexibility index (Phi) is 11.4. The summed E-state index contributed by atoms with van der Waals surface area (Å²) in [5, 5.41) is 12.6. The first-order valence-corrected chi connectivity index (χ1v) is 17.1. The molecule has 1 aromatic carbocycles. The number of carbonyl (C=O) groups is 1. The van der Waals surface area contributed by atoms with Gasteiger partial charge in [-0.2, -0.15) is 22.0 Å². The van der Waals surface area contributed by atoms with Gasteiger partial charge < -0.3 is 20.2 Å². The van der Waals surface area contributed by atoms with E-state index in [0.29, 0.717) is 37.1 Å². The van der Waals surface area contributed by atoms with Crippen molar-refractivity contribution in [3.8, 4) is 5.75 Å². The highest BCUT2D eigenvalue weighted by atomic mass is 32.2. The van der Waals surface area contributed by atoms with Crippen LogP contribution in [0.25, 0.3) is 0 Å². The van der Waals surface area contributed by atoms with Crippen molar-refractivity contribution >= 4 is 16.9 Å². The van der Waals surface area contributed by atoms with E-state index in [-0.39, 0.29) is 34.8 Å². The number of likely N-dealkylation sites (N-methyl/N-ethyl adjacent to an activating group) is 1. The molecule has 2 fully saturated rings. The number of hydrogen-bond acceptors (Lipinski definition) is 6. The van der Waals surface area contributed by atoms with Crippen molar-refractivity contribution in [3.05, 3.63) is 29.3 Å². The number of rotatable bonds is 13. The molecule has 0 bridgehead atoms. The van der Waals surface area contributed by atoms with Gasteiger partial charge in [-0.3, -0.25) is 4.21 Å². The van der Waals surface area contributed by atoms with Crippen LogP contribution in [0, 0.1) is 23.2 Å². The third-order valence-electron chi connectivity index (χ3n) is 10.3. The Labute approximate surface area is 259 Å². The Morgan fingerprint density at radius 2 is 1.86 bits per heavy atom. The van der Waals surface area contributed by atoms with Crippen LogP contribution in [0.15, 0.2) is 18.2 Å². The lowest BCUT2D eigenvalue weighted by Gasteiger charge is -2.53. The molecule has 0 spiro atoms. The minimum absolute atomic E-state index is 0.0135. The fourth-order valence-electron chi connectivity index (χ4n) is 8.05. The van der Waals surface area contributed by atoms with Crippen LogP contribution in [0.1, 0.15) is 75.3 Å². The molecule has 0 heterocycles. The third kappa shape index (κ3) is 7.93. The van der Waals surface area contributed by atoms with Gasteiger partial charge in [-0.15, -0.1) is 0 Å². The highest BCUT2D eigenvalue weighted by Crippen LogP contribution is 2.62. The minimum atomic E-state index is -5.59. The predicted octanol–water partition coefficient (Wildman–Crippen LogP) is 6.27. The summed E-state index contributed by atoms with van der Waals surface area (Å²) in [6.07, 6.45) is -2.11. The smallest absolute Gasteiger partial charge is 0.410 e. The number of fused-ring (bicyclic) bond motifs is 5. The predicted molar refractivity (Wildman–Crippen MR) is 159 cm³/mol. The SMILES string of the molecule is CN(C)CCNC(=O)Oc1ccc2c(c1)C[C@@H](CCCS(=O)CCCC(F)(F)C(F)(F)F)[C@@H]1[C@@H]2CC[C@]2(C)C(NO)CC[C@@H]12. The first kappa shape index (κ1) is 35.0. The van der Waals surface area contributed by atoms with E-state index >= 15 is 0 Å². The molecule has 0 aromatic heterocycles. The molecule has 250 valence electrons. The molecule has 0 radical (unpaired) electrons. The molecule has 2 unspecified atom stereocenters. The summed E-state index contributed by atoms with van der Waals surface area (Å²) in [4.78, 5) is 14.3. The molecule has 13 heteroatoms. The summed E-state index contributed by atoms with van der Waals surface area (Å²) >= 11 is 0. The zero-order valence-electron chi connectivity index (χ0n) is 25.7. The highest BCUT2D eigenvalue weighted by Gasteiger charge is 2.57. The van der Waals surface area contributed by atoms with Gasteiger partial charge in [0.15, 0.2) is 0 Å². The van der Waals surface area contributed by atoms with Crippen molar-refractivity contribution < 1.29 is 40.9 Å². The maximum Gasteiger partial charge on any atom is 0.453 e. The second-order valence-electron chi connectivity index (χ2n) is 13.3. The van der Waals surface area contributed by atoms with Crippen molar-refractivity contribution in [2.45, 2.75) is 88.8 Å². The van der Waals surface area contributed by atoms with Gasteiger partial charge in [0.1, 0.15) is 5.75 Å². The number of hydroxylamine groups is 1. The van der Waals surface area contributed by atoms with E-state index in [2.05, 4.69) is 23.8 Å². The molecule has 7 nitrogen and oxygen atoms in total. The molecular formula is C31H46F5N3O4S. The standard InChI is InChI=1S/C31H46F5N3O4S/c1-29-13-11-24-23-8-7-22(43-28(40)37-14-15-39(2)3)19-21(23)18-20(27(24)25(29)9-10-26(29)38-41)6-4-16-44(42)17-5-12-30(32,33)31(34,35)36/h7-8,19-20,24-27,38,41H,4-6,9-18H2,1-3H3,(H,37,40)/t20-,24-,25+,26?,27-,29+,44?/m1/s1. The fraction of sp³-hybridized carbons (Fsp3) is 0.774. The number of amides is 1. The molecule has 1 amide bonds. The number of alkyl halides is 5. The minimum Gasteiger partial charge on any atom is -0.410 e. The summed E-state index contributed by atoms with van der Waals surface area (Å²) in [6.45, 7) is 3.39. The second kappa shape index (κ2) is 14.3. The monoisotopic (exact) mass is 651 g/mol. The number of ether oxygens (including phenoxy) is 1. The van der Waals surface area contributed by atoms with Gasteiger partial charge in [0, 0.05) is 47.9 Å². The van der Waals surface area contributed by atoms with Gasteiger partial charge in [-0.1, -0.05) is 13.0 Å². The molecule has 2 saturated carbocycles. The van der Waals surface area contributed by atoms with Gasteiger partial charge in [-0.05, 0) is 118 Å². The summed E-state index contributed by atoms with van der Waals surface area (Å²) in [5.74, 6) is -3.02. The molecule has 0 saturated heterocycles. The maximum absolute atomic E-state index is 13.3. The lowest BCUT2D eigenvalue weighted by Crippen LogP contribution is -2.50. The number of nitrogens with zero attached hydrogens (tertiary/aromatic N) is 1. The lowest BCUT2D eigenvalue weighted by atomic mass is 9.52. The number of benzene rings is 1. The van der Waals surface area contributed by atoms with Crippen LogP contribution in [0.5, 0.6) is 5.75 Å². The summed E-state index contributed by atoms with van der Waals surface area (Å²) in [6, 6.07) is 5.85. The zero-order chi connectivity index (χ0) is 32.3. The van der Waals surface area contributed by atoms with Gasteiger partial charge in [0.05, 0.1) is 0 Å². The lowest BCUT2D eigenvalue weighted by molar-refractivity contribution is -0.284. The van der Waals surface area contributed by atoms with E-state index in [9.17, 15) is 36.2 Å². The quantitative estimate of drug-likeness (QED) is 0.172. The van der Waals surface area contributed by atoms with Crippen LogP contribution in [0.4, 0.5) is 26.7 Å². The van der Waals surface area contributed by atoms with Crippen molar-refractivity contribution in [1.29, 1.82) is 0 Å². The Morgan fingerprint density at radius 3 is 2.55 bits per heavy atom. The first-order chi connectivity index (χ1) is 20.7. The first-order valence-electron chi connectivity index (χ1n) is 15.6. The molecular weight excluding hydrogens is 605 g/mol. The molecule has 1 aromatic rings. The molecule has 0 aliphatic heterocycles. The summed E-state index contributed by atoms with van der Waals surface area (Å²) < 4.78 is 82.0. The van der Waals surface area contributed by atoms with Crippen LogP contribution in [-0.4, -0.2) is 77.2 Å². The molecule has 4 rings (SSSR count). The van der Waals surface area contributed by atoms with E-state index in [1.807, 2.05) is 31.1 Å². The maximum atomic E-state index is 13.3. The Balaban J connectivity index is 1.44. The molecule has 44 heavy (non-hydrogen) atoms. The van der Waals surface area contributed by atoms with Crippen molar-refractivity contribution in [1.82, 2.24) is 15.7 Å². The number of halogens is 5. The summed E-state index contributed by atoms with van der Waals surface area (Å²) in [5.41, 5.74) is 4.86. The van der Waals surface area contributed by atoms with Crippen molar-refractivity contribution in [2.24, 2.45) is 23.2 Å². The molecule has 3 aliphatic rings. The Bertz CT molecular complexity index is 1170. The normalized spacial score (nSPS) is 29.1. The number of hydrogen-bond donors (Lipinski definition) is 3. The molecule has 7 atom stereocenters. The molecule has 3 N–H and O–H groups in total. The van der Waals surface area contributed by atoms with Crippen molar-refractivity contribution in [2.75, 3.05) is 38.7 Å². The average molecular weight is 652 g/mol. The van der Waals surface area contributed by atoms with Crippen LogP contribution in [-0.2, 0) is 17.2 Å². The van der Waals surface area contributed by atoms with E-state index in [1.165, 1.54) is 5.56 Å². The van der Waals surface area contributed by atoms with Crippen molar-refractivity contribution in [3.63, 3.8) is 0 Å². The summed E-state index contributed by atoms with van der Waals surface area (Å²) in [7, 11) is 2.34. The largest absolute Gasteiger partial charge is 0.453 e. The Hall–Kier alpha value is -1.83. The van der Waals surface area contributed by atoms with E-state index in [4.69, 9.17) is 4.74 Å². The van der Waals surface area contributed by atoms with E-state index in [1.54, 1.807) is 0 Å².